The average molecular weight is 298 g/mol. The van der Waals surface area contributed by atoms with Crippen LogP contribution in [0.3, 0.4) is 0 Å². The fourth-order valence-corrected chi connectivity index (χ4v) is 4.52. The smallest absolute Gasteiger partial charge is 0.367 e. The Bertz CT molecular complexity index is 507. The molecule has 0 saturated heterocycles. The van der Waals surface area contributed by atoms with Crippen LogP contribution >= 0.6 is 11.8 Å². The van der Waals surface area contributed by atoms with Gasteiger partial charge in [0.15, 0.2) is 0 Å². The van der Waals surface area contributed by atoms with Crippen LogP contribution in [0.2, 0.25) is 0 Å². The third kappa shape index (κ3) is 2.18. The summed E-state index contributed by atoms with van der Waals surface area (Å²) in [5.41, 5.74) is 3.18. The number of carboxylic acid groups (broad SMARTS) is 1. The second kappa shape index (κ2) is 5.19. The van der Waals surface area contributed by atoms with Crippen molar-refractivity contribution in [1.29, 1.82) is 0 Å². The molecular weight excluding hydrogens is 282 g/mol. The van der Waals surface area contributed by atoms with Crippen molar-refractivity contribution in [3.05, 3.63) is 42.5 Å². The molecule has 0 unspecified atom stereocenters. The molecule has 4 N–H and O–H groups in total. The van der Waals surface area contributed by atoms with E-state index in [0.29, 0.717) is 5.92 Å². The SMILES string of the molecule is [Cl-].[NH3+][C@]1(C(=O)O)[C@H](Sc2ccccc2)[C@@H]2C=C[C@H]1C2. The quantitative estimate of drug-likeness (QED) is 0.662. The highest BCUT2D eigenvalue weighted by Gasteiger charge is 2.62. The Morgan fingerprint density at radius 3 is 2.63 bits per heavy atom. The maximum absolute atomic E-state index is 11.6. The summed E-state index contributed by atoms with van der Waals surface area (Å²) in [6.07, 6.45) is 5.13. The molecule has 102 valence electrons. The van der Waals surface area contributed by atoms with Gasteiger partial charge in [0.2, 0.25) is 5.54 Å². The van der Waals surface area contributed by atoms with E-state index in [1.165, 1.54) is 0 Å². The summed E-state index contributed by atoms with van der Waals surface area (Å²) in [7, 11) is 0. The van der Waals surface area contributed by atoms with Crippen LogP contribution in [0.5, 0.6) is 0 Å². The normalized spacial score (nSPS) is 35.1. The van der Waals surface area contributed by atoms with Crippen LogP contribution in [0.25, 0.3) is 0 Å². The van der Waals surface area contributed by atoms with Gasteiger partial charge < -0.3 is 23.2 Å². The molecule has 1 saturated carbocycles. The van der Waals surface area contributed by atoms with Crippen LogP contribution < -0.4 is 18.1 Å². The van der Waals surface area contributed by atoms with Crippen LogP contribution in [0, 0.1) is 11.8 Å². The first-order valence-corrected chi connectivity index (χ1v) is 6.99. The number of quaternary nitrogens is 1. The Morgan fingerprint density at radius 1 is 1.32 bits per heavy atom. The summed E-state index contributed by atoms with van der Waals surface area (Å²) in [6.45, 7) is 0. The number of allylic oxidation sites excluding steroid dienone is 1. The summed E-state index contributed by atoms with van der Waals surface area (Å²) in [6, 6.07) is 10.00. The summed E-state index contributed by atoms with van der Waals surface area (Å²) < 4.78 is 0. The largest absolute Gasteiger partial charge is 1.00 e. The van der Waals surface area contributed by atoms with Crippen LogP contribution in [0.1, 0.15) is 6.42 Å². The lowest BCUT2D eigenvalue weighted by atomic mass is 9.85. The van der Waals surface area contributed by atoms with E-state index in [1.807, 2.05) is 36.4 Å². The van der Waals surface area contributed by atoms with Gasteiger partial charge in [0, 0.05) is 10.8 Å². The van der Waals surface area contributed by atoms with Gasteiger partial charge in [-0.15, -0.1) is 11.8 Å². The van der Waals surface area contributed by atoms with Gasteiger partial charge in [-0.2, -0.15) is 0 Å². The van der Waals surface area contributed by atoms with E-state index < -0.39 is 11.5 Å². The van der Waals surface area contributed by atoms with Crippen LogP contribution in [-0.4, -0.2) is 21.9 Å². The predicted molar refractivity (Wildman–Crippen MR) is 70.1 cm³/mol. The third-order valence-corrected chi connectivity index (χ3v) is 5.65. The van der Waals surface area contributed by atoms with Crippen LogP contribution in [0.4, 0.5) is 0 Å². The van der Waals surface area contributed by atoms with Crippen molar-refractivity contribution in [3.63, 3.8) is 0 Å². The van der Waals surface area contributed by atoms with Gasteiger partial charge in [0.25, 0.3) is 0 Å². The number of halogens is 1. The zero-order valence-electron chi connectivity index (χ0n) is 10.3. The molecule has 1 fully saturated rings. The van der Waals surface area contributed by atoms with Crippen molar-refractivity contribution in [2.75, 3.05) is 0 Å². The molecule has 0 radical (unpaired) electrons. The van der Waals surface area contributed by atoms with Gasteiger partial charge in [-0.1, -0.05) is 30.4 Å². The Morgan fingerprint density at radius 2 is 2.00 bits per heavy atom. The molecule has 1 aromatic carbocycles. The summed E-state index contributed by atoms with van der Waals surface area (Å²) in [5.74, 6) is -0.345. The molecule has 2 aliphatic carbocycles. The van der Waals surface area contributed by atoms with E-state index >= 15 is 0 Å². The molecule has 0 spiro atoms. The lowest BCUT2D eigenvalue weighted by molar-refractivity contribution is -0.467. The topological polar surface area (TPSA) is 64.9 Å². The molecule has 4 atom stereocenters. The highest BCUT2D eigenvalue weighted by Crippen LogP contribution is 2.51. The van der Waals surface area contributed by atoms with Crippen molar-refractivity contribution in [2.24, 2.45) is 11.8 Å². The molecule has 0 aromatic heterocycles. The van der Waals surface area contributed by atoms with Gasteiger partial charge in [0.05, 0.1) is 5.25 Å². The molecule has 2 aliphatic rings. The fraction of sp³-hybridized carbons (Fsp3) is 0.357. The first-order valence-electron chi connectivity index (χ1n) is 6.11. The number of hydrogen-bond acceptors (Lipinski definition) is 2. The van der Waals surface area contributed by atoms with Crippen molar-refractivity contribution < 1.29 is 28.0 Å². The van der Waals surface area contributed by atoms with Crippen LogP contribution in [0.15, 0.2) is 47.4 Å². The van der Waals surface area contributed by atoms with E-state index in [0.717, 1.165) is 11.3 Å². The van der Waals surface area contributed by atoms with Gasteiger partial charge in [-0.05, 0) is 24.5 Å². The fourth-order valence-electron chi connectivity index (χ4n) is 3.05. The molecule has 0 aliphatic heterocycles. The molecule has 2 bridgehead atoms. The lowest BCUT2D eigenvalue weighted by Gasteiger charge is -2.30. The number of hydrogen-bond donors (Lipinski definition) is 2. The molecule has 19 heavy (non-hydrogen) atoms. The molecule has 5 heteroatoms. The van der Waals surface area contributed by atoms with E-state index in [2.05, 4.69) is 11.8 Å². The molecule has 1 aromatic rings. The van der Waals surface area contributed by atoms with Crippen molar-refractivity contribution in [1.82, 2.24) is 0 Å². The third-order valence-electron chi connectivity index (χ3n) is 4.08. The molecule has 0 heterocycles. The standard InChI is InChI=1S/C14H15NO2S.ClH/c15-14(13(16)17)10-7-6-9(8-10)12(14)18-11-4-2-1-3-5-11;/h1-7,9-10,12H,8,15H2,(H,16,17);1H/t9-,10+,12-,14+;/m1./s1. The lowest BCUT2D eigenvalue weighted by Crippen LogP contribution is -3.00. The number of thioether (sulfide) groups is 1. The Kier molecular flexibility index (Phi) is 3.95. The monoisotopic (exact) mass is 297 g/mol. The minimum atomic E-state index is -0.875. The van der Waals surface area contributed by atoms with Gasteiger partial charge >= 0.3 is 5.97 Å². The van der Waals surface area contributed by atoms with Crippen molar-refractivity contribution in [2.45, 2.75) is 22.1 Å². The molecular formula is C14H16ClNO2S. The van der Waals surface area contributed by atoms with Gasteiger partial charge in [-0.3, -0.25) is 0 Å². The number of carbonyl (C=O) groups is 1. The first-order chi connectivity index (χ1) is 8.62. The Labute approximate surface area is 122 Å². The van der Waals surface area contributed by atoms with Crippen molar-refractivity contribution >= 4 is 17.7 Å². The second-order valence-corrected chi connectivity index (χ2v) is 6.30. The number of carboxylic acids is 1. The molecule has 3 rings (SSSR count). The minimum absolute atomic E-state index is 0. The Balaban J connectivity index is 0.00000133. The maximum Gasteiger partial charge on any atom is 0.367 e. The number of benzene rings is 1. The van der Waals surface area contributed by atoms with Gasteiger partial charge in [0.1, 0.15) is 0 Å². The predicted octanol–water partition coefficient (Wildman–Crippen LogP) is -1.58. The van der Waals surface area contributed by atoms with Gasteiger partial charge in [-0.25, -0.2) is 4.79 Å². The zero-order valence-corrected chi connectivity index (χ0v) is 11.9. The van der Waals surface area contributed by atoms with E-state index in [1.54, 1.807) is 11.8 Å². The first kappa shape index (κ1) is 14.4. The second-order valence-electron chi connectivity index (χ2n) is 5.09. The summed E-state index contributed by atoms with van der Waals surface area (Å²) >= 11 is 1.65. The Hall–Kier alpha value is -0.970. The zero-order chi connectivity index (χ0) is 12.8. The maximum atomic E-state index is 11.6. The average Bonchev–Trinajstić information content (AvgIpc) is 2.93. The number of aliphatic carboxylic acids is 1. The summed E-state index contributed by atoms with van der Waals surface area (Å²) in [4.78, 5) is 12.7. The minimum Gasteiger partial charge on any atom is -1.00 e. The van der Waals surface area contributed by atoms with E-state index in [9.17, 15) is 9.90 Å². The van der Waals surface area contributed by atoms with Crippen LogP contribution in [-0.2, 0) is 4.79 Å². The van der Waals surface area contributed by atoms with E-state index in [4.69, 9.17) is 0 Å². The molecule has 0 amide bonds. The van der Waals surface area contributed by atoms with Crippen molar-refractivity contribution in [3.8, 4) is 0 Å². The highest BCUT2D eigenvalue weighted by molar-refractivity contribution is 8.00. The number of fused-ring (bicyclic) bond motifs is 2. The highest BCUT2D eigenvalue weighted by atomic mass is 35.5. The summed E-state index contributed by atoms with van der Waals surface area (Å²) in [5, 5.41) is 9.57. The molecule has 3 nitrogen and oxygen atoms in total. The number of rotatable bonds is 3. The van der Waals surface area contributed by atoms with E-state index in [-0.39, 0.29) is 23.6 Å².